The normalized spacial score (nSPS) is 26.0. The maximum absolute atomic E-state index is 3.64. The van der Waals surface area contributed by atoms with E-state index in [1.807, 2.05) is 6.08 Å². The Hall–Kier alpha value is -0.700. The Morgan fingerprint density at radius 1 is 1.71 bits per heavy atom. The summed E-state index contributed by atoms with van der Waals surface area (Å²) in [6.45, 7) is 3.64. The first kappa shape index (κ1) is 4.46. The average Bonchev–Trinajstić information content (AvgIpc) is 2.14. The largest absolute Gasteiger partial charge is 0.103 e. The summed E-state index contributed by atoms with van der Waals surface area (Å²) in [5.41, 5.74) is 0. The van der Waals surface area contributed by atoms with Gasteiger partial charge in [0.05, 0.1) is 0 Å². The van der Waals surface area contributed by atoms with Gasteiger partial charge in [0.2, 0.25) is 0 Å². The zero-order valence-corrected chi connectivity index (χ0v) is 4.28. The molecule has 0 aromatic carbocycles. The first-order valence-corrected chi connectivity index (χ1v) is 2.54. The van der Waals surface area contributed by atoms with Crippen LogP contribution in [0, 0.1) is 17.8 Å². The van der Waals surface area contributed by atoms with Gasteiger partial charge in [0.15, 0.2) is 0 Å². The van der Waals surface area contributed by atoms with Crippen LogP contribution in [0.4, 0.5) is 0 Å². The van der Waals surface area contributed by atoms with Crippen LogP contribution in [-0.2, 0) is 0 Å². The van der Waals surface area contributed by atoms with E-state index in [0.29, 0.717) is 5.92 Å². The van der Waals surface area contributed by atoms with Gasteiger partial charge in [-0.15, -0.1) is 12.5 Å². The Morgan fingerprint density at radius 3 is 2.86 bits per heavy atom. The van der Waals surface area contributed by atoms with Crippen LogP contribution in [0.25, 0.3) is 0 Å². The molecule has 0 bridgehead atoms. The molecule has 1 atom stereocenters. The molecule has 36 valence electrons. The van der Waals surface area contributed by atoms with Gasteiger partial charge in [-0.05, 0) is 6.42 Å². The highest BCUT2D eigenvalue weighted by atomic mass is 14.0. The minimum atomic E-state index is 0.500. The lowest BCUT2D eigenvalue weighted by atomic mass is 10.1. The summed E-state index contributed by atoms with van der Waals surface area (Å²) >= 11 is 0. The second-order valence-corrected chi connectivity index (χ2v) is 1.70. The van der Waals surface area contributed by atoms with E-state index in [1.165, 1.54) is 6.42 Å². The third-order valence-electron chi connectivity index (χ3n) is 1.15. The highest BCUT2D eigenvalue weighted by Crippen LogP contribution is 2.10. The van der Waals surface area contributed by atoms with Crippen molar-refractivity contribution in [1.29, 1.82) is 0 Å². The smallest absolute Gasteiger partial charge is 0.0389 e. The minimum Gasteiger partial charge on any atom is -0.103 e. The number of rotatable bonds is 1. The van der Waals surface area contributed by atoms with Crippen LogP contribution < -0.4 is 0 Å². The maximum Gasteiger partial charge on any atom is 0.0389 e. The summed E-state index contributed by atoms with van der Waals surface area (Å²) in [4.78, 5) is 0. The monoisotopic (exact) mass is 92.1 g/mol. The molecule has 0 N–H and O–H groups in total. The predicted molar refractivity (Wildman–Crippen MR) is 30.7 cm³/mol. The van der Waals surface area contributed by atoms with Crippen molar-refractivity contribution < 1.29 is 0 Å². The predicted octanol–water partition coefficient (Wildman–Crippen LogP) is 1.59. The van der Waals surface area contributed by atoms with Crippen molar-refractivity contribution >= 4 is 0 Å². The van der Waals surface area contributed by atoms with Crippen LogP contribution in [0.15, 0.2) is 12.7 Å². The van der Waals surface area contributed by atoms with Crippen molar-refractivity contribution in [2.45, 2.75) is 12.8 Å². The van der Waals surface area contributed by atoms with E-state index in [2.05, 4.69) is 18.4 Å². The first-order valence-electron chi connectivity index (χ1n) is 2.54. The molecule has 0 aromatic heterocycles. The van der Waals surface area contributed by atoms with Gasteiger partial charge in [0, 0.05) is 12.3 Å². The molecule has 7 heavy (non-hydrogen) atoms. The van der Waals surface area contributed by atoms with Gasteiger partial charge in [-0.1, -0.05) is 12.0 Å². The molecular formula is C7H8. The summed E-state index contributed by atoms with van der Waals surface area (Å²) in [5.74, 6) is 6.54. The summed E-state index contributed by atoms with van der Waals surface area (Å²) in [7, 11) is 0. The van der Waals surface area contributed by atoms with Crippen molar-refractivity contribution in [2.24, 2.45) is 5.92 Å². The molecule has 0 fully saturated rings. The Bertz CT molecular complexity index is 123. The van der Waals surface area contributed by atoms with Gasteiger partial charge in [0.25, 0.3) is 0 Å². The Morgan fingerprint density at radius 2 is 2.57 bits per heavy atom. The Balaban J connectivity index is 2.48. The molecule has 0 nitrogen and oxygen atoms in total. The van der Waals surface area contributed by atoms with E-state index < -0.39 is 0 Å². The fourth-order valence-corrected chi connectivity index (χ4v) is 0.680. The van der Waals surface area contributed by atoms with Crippen molar-refractivity contribution in [3.8, 4) is 11.8 Å². The molecule has 0 aliphatic heterocycles. The van der Waals surface area contributed by atoms with E-state index in [4.69, 9.17) is 0 Å². The average molecular weight is 92.1 g/mol. The number of hydrogen-bond donors (Lipinski definition) is 0. The fraction of sp³-hybridized carbons (Fsp3) is 0.429. The molecule has 1 rings (SSSR count). The molecule has 1 aliphatic carbocycles. The third-order valence-corrected chi connectivity index (χ3v) is 1.15. The van der Waals surface area contributed by atoms with Crippen LogP contribution in [-0.4, -0.2) is 0 Å². The van der Waals surface area contributed by atoms with Crippen LogP contribution in [0.2, 0.25) is 0 Å². The van der Waals surface area contributed by atoms with Crippen molar-refractivity contribution in [2.75, 3.05) is 0 Å². The third kappa shape index (κ3) is 0.838. The molecule has 0 aromatic rings. The van der Waals surface area contributed by atoms with Crippen LogP contribution >= 0.6 is 0 Å². The van der Waals surface area contributed by atoms with E-state index in [9.17, 15) is 0 Å². The molecule has 1 unspecified atom stereocenters. The lowest BCUT2D eigenvalue weighted by molar-refractivity contribution is 0.787. The second kappa shape index (κ2) is 1.84. The maximum atomic E-state index is 3.64. The SMILES string of the molecule is C=CC1C#CCC1. The van der Waals surface area contributed by atoms with Crippen molar-refractivity contribution in [3.05, 3.63) is 12.7 Å². The highest BCUT2D eigenvalue weighted by molar-refractivity contribution is 5.15. The lowest BCUT2D eigenvalue weighted by Crippen LogP contribution is -1.82. The molecule has 0 heteroatoms. The zero-order chi connectivity index (χ0) is 5.11. The van der Waals surface area contributed by atoms with Gasteiger partial charge in [-0.3, -0.25) is 0 Å². The molecule has 0 radical (unpaired) electrons. The number of allylic oxidation sites excluding steroid dienone is 1. The molecule has 0 heterocycles. The molecule has 0 saturated carbocycles. The van der Waals surface area contributed by atoms with Crippen molar-refractivity contribution in [1.82, 2.24) is 0 Å². The topological polar surface area (TPSA) is 0 Å². The Labute approximate surface area is 44.2 Å². The summed E-state index contributed by atoms with van der Waals surface area (Å²) in [5, 5.41) is 0. The molecular weight excluding hydrogens is 84.1 g/mol. The Kier molecular flexibility index (Phi) is 1.17. The van der Waals surface area contributed by atoms with E-state index >= 15 is 0 Å². The van der Waals surface area contributed by atoms with Gasteiger partial charge in [-0.2, -0.15) is 0 Å². The van der Waals surface area contributed by atoms with Gasteiger partial charge in [-0.25, -0.2) is 0 Å². The second-order valence-electron chi connectivity index (χ2n) is 1.70. The highest BCUT2D eigenvalue weighted by Gasteiger charge is 2.00. The van der Waals surface area contributed by atoms with Gasteiger partial charge in [0.1, 0.15) is 0 Å². The summed E-state index contributed by atoms with van der Waals surface area (Å²) in [6.07, 6.45) is 4.15. The van der Waals surface area contributed by atoms with Crippen LogP contribution in [0.3, 0.4) is 0 Å². The first-order chi connectivity index (χ1) is 3.43. The van der Waals surface area contributed by atoms with E-state index in [0.717, 1.165) is 6.42 Å². The van der Waals surface area contributed by atoms with Crippen molar-refractivity contribution in [3.63, 3.8) is 0 Å². The van der Waals surface area contributed by atoms with Crippen LogP contribution in [0.5, 0.6) is 0 Å². The van der Waals surface area contributed by atoms with Gasteiger partial charge >= 0.3 is 0 Å². The number of hydrogen-bond acceptors (Lipinski definition) is 0. The fourth-order valence-electron chi connectivity index (χ4n) is 0.680. The van der Waals surface area contributed by atoms with E-state index in [1.54, 1.807) is 0 Å². The quantitative estimate of drug-likeness (QED) is 0.340. The summed E-state index contributed by atoms with van der Waals surface area (Å²) < 4.78 is 0. The lowest BCUT2D eigenvalue weighted by Gasteiger charge is -1.90. The standard InChI is InChI=1S/C7H8/c1-2-7-5-3-4-6-7/h2,7H,1,3,5H2. The molecule has 0 amide bonds. The van der Waals surface area contributed by atoms with E-state index in [-0.39, 0.29) is 0 Å². The van der Waals surface area contributed by atoms with Gasteiger partial charge < -0.3 is 0 Å². The molecule has 0 spiro atoms. The zero-order valence-electron chi connectivity index (χ0n) is 4.28. The minimum absolute atomic E-state index is 0.500. The molecule has 1 aliphatic rings. The molecule has 0 saturated heterocycles. The van der Waals surface area contributed by atoms with Crippen LogP contribution in [0.1, 0.15) is 12.8 Å². The summed E-state index contributed by atoms with van der Waals surface area (Å²) in [6, 6.07) is 0.